The van der Waals surface area contributed by atoms with Gasteiger partial charge in [0.05, 0.1) is 4.90 Å². The van der Waals surface area contributed by atoms with E-state index in [4.69, 9.17) is 0 Å². The van der Waals surface area contributed by atoms with Crippen LogP contribution in [-0.2, 0) is 27.7 Å². The number of rotatable bonds is 5. The van der Waals surface area contributed by atoms with Gasteiger partial charge in [-0.3, -0.25) is 4.79 Å². The van der Waals surface area contributed by atoms with Crippen molar-refractivity contribution >= 4 is 15.9 Å². The van der Waals surface area contributed by atoms with Crippen LogP contribution in [0.5, 0.6) is 0 Å². The quantitative estimate of drug-likeness (QED) is 0.783. The minimum Gasteiger partial charge on any atom is -0.352 e. The van der Waals surface area contributed by atoms with Crippen LogP contribution >= 0.6 is 0 Å². The van der Waals surface area contributed by atoms with E-state index in [1.165, 1.54) is 0 Å². The molecule has 2 fully saturated rings. The van der Waals surface area contributed by atoms with Gasteiger partial charge in [0.15, 0.2) is 0 Å². The Labute approximate surface area is 168 Å². The number of hydrogen-bond acceptors (Lipinski definition) is 4. The first-order chi connectivity index (χ1) is 13.4. The molecule has 3 aliphatic rings. The summed E-state index contributed by atoms with van der Waals surface area (Å²) in [7, 11) is -1.45. The average Bonchev–Trinajstić information content (AvgIpc) is 3.32. The summed E-state index contributed by atoms with van der Waals surface area (Å²) in [4.78, 5) is 15.0. The lowest BCUT2D eigenvalue weighted by Crippen LogP contribution is -2.43. The van der Waals surface area contributed by atoms with Gasteiger partial charge in [-0.2, -0.15) is 0 Å². The summed E-state index contributed by atoms with van der Waals surface area (Å²) in [5.41, 5.74) is 2.19. The lowest BCUT2D eigenvalue weighted by molar-refractivity contribution is -0.125. The highest BCUT2D eigenvalue weighted by Crippen LogP contribution is 2.28. The number of carbonyl (C=O) groups is 1. The first kappa shape index (κ1) is 19.9. The monoisotopic (exact) mass is 405 g/mol. The molecule has 1 saturated carbocycles. The largest absolute Gasteiger partial charge is 0.352 e. The summed E-state index contributed by atoms with van der Waals surface area (Å²) in [6.45, 7) is 1.83. The van der Waals surface area contributed by atoms with E-state index in [-0.39, 0.29) is 23.9 Å². The van der Waals surface area contributed by atoms with E-state index in [1.807, 2.05) is 6.07 Å². The molecule has 2 N–H and O–H groups in total. The van der Waals surface area contributed by atoms with Gasteiger partial charge in [-0.15, -0.1) is 0 Å². The summed E-state index contributed by atoms with van der Waals surface area (Å²) in [5, 5.41) is 3.19. The number of benzene rings is 1. The van der Waals surface area contributed by atoms with E-state index in [0.29, 0.717) is 11.3 Å². The van der Waals surface area contributed by atoms with Crippen LogP contribution in [0.15, 0.2) is 23.1 Å². The predicted octanol–water partition coefficient (Wildman–Crippen LogP) is 1.83. The Morgan fingerprint density at radius 3 is 2.39 bits per heavy atom. The fourth-order valence-corrected chi connectivity index (χ4v) is 6.14. The van der Waals surface area contributed by atoms with Gasteiger partial charge in [-0.25, -0.2) is 13.1 Å². The molecule has 1 heterocycles. The van der Waals surface area contributed by atoms with Crippen molar-refractivity contribution in [3.05, 3.63) is 29.3 Å². The highest BCUT2D eigenvalue weighted by Gasteiger charge is 2.29. The summed E-state index contributed by atoms with van der Waals surface area (Å²) in [5.74, 6) is 0.338. The van der Waals surface area contributed by atoms with Crippen molar-refractivity contribution in [1.82, 2.24) is 14.9 Å². The summed E-state index contributed by atoms with van der Waals surface area (Å²) >= 11 is 0. The molecule has 0 radical (unpaired) electrons. The molecule has 6 nitrogen and oxygen atoms in total. The van der Waals surface area contributed by atoms with Gasteiger partial charge in [-0.1, -0.05) is 18.9 Å². The van der Waals surface area contributed by atoms with Crippen molar-refractivity contribution in [2.45, 2.75) is 68.3 Å². The maximum Gasteiger partial charge on any atom is 0.240 e. The number of nitrogens with one attached hydrogen (secondary N) is 2. The van der Waals surface area contributed by atoms with Crippen LogP contribution in [0.1, 0.15) is 49.7 Å². The number of sulfonamides is 1. The van der Waals surface area contributed by atoms with Gasteiger partial charge < -0.3 is 10.2 Å². The maximum atomic E-state index is 12.8. The zero-order valence-corrected chi connectivity index (χ0v) is 17.4. The normalized spacial score (nSPS) is 24.4. The van der Waals surface area contributed by atoms with Crippen LogP contribution in [0, 0.1) is 5.92 Å². The zero-order chi connectivity index (χ0) is 19.7. The topological polar surface area (TPSA) is 78.5 Å². The number of hydrogen-bond donors (Lipinski definition) is 2. The molecule has 1 saturated heterocycles. The van der Waals surface area contributed by atoms with Crippen LogP contribution in [-0.4, -0.2) is 51.4 Å². The number of piperidine rings is 1. The highest BCUT2D eigenvalue weighted by molar-refractivity contribution is 7.89. The van der Waals surface area contributed by atoms with E-state index >= 15 is 0 Å². The van der Waals surface area contributed by atoms with Gasteiger partial charge in [0.1, 0.15) is 0 Å². The molecule has 1 aliphatic heterocycles. The molecule has 0 aromatic heterocycles. The van der Waals surface area contributed by atoms with Crippen LogP contribution in [0.3, 0.4) is 0 Å². The third-order valence-electron chi connectivity index (χ3n) is 6.53. The van der Waals surface area contributed by atoms with Crippen LogP contribution in [0.4, 0.5) is 0 Å². The van der Waals surface area contributed by atoms with Crippen molar-refractivity contribution < 1.29 is 13.2 Å². The molecule has 1 amide bonds. The lowest BCUT2D eigenvalue weighted by Gasteiger charge is -2.29. The Morgan fingerprint density at radius 2 is 1.68 bits per heavy atom. The van der Waals surface area contributed by atoms with E-state index in [9.17, 15) is 13.2 Å². The molecule has 2 aliphatic carbocycles. The summed E-state index contributed by atoms with van der Waals surface area (Å²) < 4.78 is 28.5. The number of fused-ring (bicyclic) bond motifs is 1. The zero-order valence-electron chi connectivity index (χ0n) is 16.6. The van der Waals surface area contributed by atoms with Crippen molar-refractivity contribution in [3.8, 4) is 0 Å². The van der Waals surface area contributed by atoms with Gasteiger partial charge in [0.2, 0.25) is 15.9 Å². The molecular formula is C21H31N3O3S. The van der Waals surface area contributed by atoms with E-state index in [1.54, 1.807) is 12.1 Å². The van der Waals surface area contributed by atoms with Gasteiger partial charge in [-0.05, 0) is 81.9 Å². The van der Waals surface area contributed by atoms with Crippen LogP contribution in [0.2, 0.25) is 0 Å². The van der Waals surface area contributed by atoms with Gasteiger partial charge >= 0.3 is 0 Å². The molecule has 1 atom stereocenters. The number of amides is 1. The molecular weight excluding hydrogens is 374 g/mol. The van der Waals surface area contributed by atoms with Crippen LogP contribution < -0.4 is 10.0 Å². The Morgan fingerprint density at radius 1 is 1.00 bits per heavy atom. The Bertz CT molecular complexity index is 825. The fraction of sp³-hybridized carbons (Fsp3) is 0.667. The van der Waals surface area contributed by atoms with Crippen LogP contribution in [0.25, 0.3) is 0 Å². The van der Waals surface area contributed by atoms with E-state index in [0.717, 1.165) is 69.2 Å². The molecule has 28 heavy (non-hydrogen) atoms. The van der Waals surface area contributed by atoms with Gasteiger partial charge in [0.25, 0.3) is 0 Å². The minimum absolute atomic E-state index is 0.00732. The first-order valence-electron chi connectivity index (χ1n) is 10.5. The van der Waals surface area contributed by atoms with E-state index in [2.05, 4.69) is 22.0 Å². The second-order valence-electron chi connectivity index (χ2n) is 8.72. The molecule has 7 heteroatoms. The van der Waals surface area contributed by atoms with Crippen molar-refractivity contribution in [2.75, 3.05) is 20.1 Å². The molecule has 4 rings (SSSR count). The van der Waals surface area contributed by atoms with Crippen molar-refractivity contribution in [3.63, 3.8) is 0 Å². The fourth-order valence-electron chi connectivity index (χ4n) is 4.78. The summed E-state index contributed by atoms with van der Waals surface area (Å²) in [6.07, 6.45) is 7.48. The standard InChI is InChI=1S/C21H31N3O3S/c1-24-10-8-18(9-11-24)23-28(26,27)20-7-6-16-12-19(13-17(16)14-20)22-21(25)15-4-2-3-5-15/h6-7,14-15,18-19,23H,2-5,8-13H2,1H3,(H,22,25)/t19-/m1/s1. The number of likely N-dealkylation sites (tertiary alicyclic amines) is 1. The lowest BCUT2D eigenvalue weighted by atomic mass is 10.1. The third-order valence-corrected chi connectivity index (χ3v) is 8.05. The molecule has 0 bridgehead atoms. The Hall–Kier alpha value is -1.44. The summed E-state index contributed by atoms with van der Waals surface area (Å²) in [6, 6.07) is 5.52. The predicted molar refractivity (Wildman–Crippen MR) is 109 cm³/mol. The van der Waals surface area contributed by atoms with Crippen molar-refractivity contribution in [2.24, 2.45) is 5.92 Å². The SMILES string of the molecule is CN1CCC(NS(=O)(=O)c2ccc3c(c2)C[C@H](NC(=O)C2CCCC2)C3)CC1. The third kappa shape index (κ3) is 4.42. The number of nitrogens with zero attached hydrogens (tertiary/aromatic N) is 1. The molecule has 0 spiro atoms. The minimum atomic E-state index is -3.51. The van der Waals surface area contributed by atoms with Gasteiger partial charge in [0, 0.05) is 18.0 Å². The molecule has 1 aromatic carbocycles. The second kappa shape index (κ2) is 8.13. The average molecular weight is 406 g/mol. The second-order valence-corrected chi connectivity index (χ2v) is 10.4. The number of carbonyl (C=O) groups excluding carboxylic acids is 1. The highest BCUT2D eigenvalue weighted by atomic mass is 32.2. The first-order valence-corrected chi connectivity index (χ1v) is 12.0. The van der Waals surface area contributed by atoms with E-state index < -0.39 is 10.0 Å². The Balaban J connectivity index is 1.39. The van der Waals surface area contributed by atoms with Crippen molar-refractivity contribution in [1.29, 1.82) is 0 Å². The smallest absolute Gasteiger partial charge is 0.240 e. The molecule has 0 unspecified atom stereocenters. The Kier molecular flexibility index (Phi) is 5.76. The molecule has 154 valence electrons. The maximum absolute atomic E-state index is 12.8. The molecule has 1 aromatic rings.